The Kier molecular flexibility index (Phi) is 5.93. The quantitative estimate of drug-likeness (QED) is 0.402. The third-order valence-electron chi connectivity index (χ3n) is 3.25. The van der Waals surface area contributed by atoms with Crippen LogP contribution in [0.15, 0.2) is 24.3 Å². The smallest absolute Gasteiger partial charge is 0.172 e. The molecule has 2 rings (SSSR count). The van der Waals surface area contributed by atoms with Crippen molar-refractivity contribution in [3.05, 3.63) is 29.3 Å². The van der Waals surface area contributed by atoms with Gasteiger partial charge in [-0.05, 0) is 30.4 Å². The Morgan fingerprint density at radius 3 is 2.59 bits per heavy atom. The second-order valence-electron chi connectivity index (χ2n) is 4.86. The average Bonchev–Trinajstić information content (AvgIpc) is 2.48. The van der Waals surface area contributed by atoms with Crippen LogP contribution in [-0.2, 0) is 4.74 Å². The van der Waals surface area contributed by atoms with Crippen LogP contribution in [0.5, 0.6) is 0 Å². The molecule has 0 saturated carbocycles. The summed E-state index contributed by atoms with van der Waals surface area (Å²) in [5.41, 5.74) is 0.634. The van der Waals surface area contributed by atoms with Crippen molar-refractivity contribution in [3.63, 3.8) is 0 Å². The number of aliphatic hydroxyl groups is 4. The number of benzene rings is 1. The van der Waals surface area contributed by atoms with Crippen molar-refractivity contribution in [2.75, 3.05) is 11.9 Å². The zero-order chi connectivity index (χ0) is 16.3. The molecule has 0 spiro atoms. The van der Waals surface area contributed by atoms with Crippen molar-refractivity contribution < 1.29 is 25.2 Å². The summed E-state index contributed by atoms with van der Waals surface area (Å²) in [4.78, 5) is 0. The molecule has 9 heteroatoms. The molecular weight excluding hydrogens is 332 g/mol. The highest BCUT2D eigenvalue weighted by Gasteiger charge is 2.43. The van der Waals surface area contributed by atoms with E-state index < -0.39 is 37.3 Å². The first-order valence-electron chi connectivity index (χ1n) is 6.56. The van der Waals surface area contributed by atoms with Gasteiger partial charge in [-0.2, -0.15) is 0 Å². The van der Waals surface area contributed by atoms with E-state index in [2.05, 4.69) is 10.6 Å². The number of ether oxygens (including phenoxy) is 1. The summed E-state index contributed by atoms with van der Waals surface area (Å²) in [6, 6.07) is 6.85. The minimum absolute atomic E-state index is 0.131. The Hall–Kier alpha value is -1.00. The lowest BCUT2D eigenvalue weighted by Crippen LogP contribution is -2.63. The van der Waals surface area contributed by atoms with Gasteiger partial charge in [-0.25, -0.2) is 0 Å². The van der Waals surface area contributed by atoms with E-state index in [0.717, 1.165) is 0 Å². The summed E-state index contributed by atoms with van der Waals surface area (Å²) in [5.74, 6) is 0. The first kappa shape index (κ1) is 17.4. The van der Waals surface area contributed by atoms with Gasteiger partial charge in [-0.15, -0.1) is 0 Å². The van der Waals surface area contributed by atoms with Crippen molar-refractivity contribution in [2.24, 2.45) is 0 Å². The van der Waals surface area contributed by atoms with E-state index in [1.165, 1.54) is 0 Å². The van der Waals surface area contributed by atoms with Gasteiger partial charge < -0.3 is 35.8 Å². The number of hydrogen-bond acceptors (Lipinski definition) is 6. The van der Waals surface area contributed by atoms with E-state index in [0.29, 0.717) is 10.7 Å². The van der Waals surface area contributed by atoms with Crippen LogP contribution in [-0.4, -0.2) is 62.8 Å². The second-order valence-corrected chi connectivity index (χ2v) is 5.70. The molecule has 0 bridgehead atoms. The Bertz CT molecular complexity index is 533. The largest absolute Gasteiger partial charge is 0.394 e. The molecule has 1 heterocycles. The van der Waals surface area contributed by atoms with Crippen LogP contribution in [0.3, 0.4) is 0 Å². The molecule has 1 saturated heterocycles. The lowest BCUT2D eigenvalue weighted by Gasteiger charge is -2.40. The number of aliphatic hydroxyl groups excluding tert-OH is 4. The maximum Gasteiger partial charge on any atom is 0.172 e. The van der Waals surface area contributed by atoms with E-state index in [-0.39, 0.29) is 5.11 Å². The molecule has 0 aliphatic carbocycles. The monoisotopic (exact) mass is 348 g/mol. The van der Waals surface area contributed by atoms with E-state index >= 15 is 0 Å². The molecule has 122 valence electrons. The first-order chi connectivity index (χ1) is 10.4. The highest BCUT2D eigenvalue weighted by molar-refractivity contribution is 7.80. The van der Waals surface area contributed by atoms with Crippen LogP contribution in [0.25, 0.3) is 0 Å². The van der Waals surface area contributed by atoms with Gasteiger partial charge >= 0.3 is 0 Å². The molecule has 5 atom stereocenters. The zero-order valence-electron chi connectivity index (χ0n) is 11.4. The molecule has 1 aliphatic heterocycles. The molecule has 0 aromatic heterocycles. The van der Waals surface area contributed by atoms with Crippen molar-refractivity contribution in [1.82, 2.24) is 5.32 Å². The van der Waals surface area contributed by atoms with Gasteiger partial charge in [0, 0.05) is 10.7 Å². The normalized spacial score (nSPS) is 31.6. The van der Waals surface area contributed by atoms with Crippen LogP contribution in [0.2, 0.25) is 5.02 Å². The molecule has 0 amide bonds. The molecule has 6 N–H and O–H groups in total. The van der Waals surface area contributed by atoms with Crippen LogP contribution in [0.1, 0.15) is 0 Å². The Morgan fingerprint density at radius 2 is 1.95 bits per heavy atom. The molecule has 1 aliphatic rings. The van der Waals surface area contributed by atoms with Crippen LogP contribution >= 0.6 is 23.8 Å². The van der Waals surface area contributed by atoms with Crippen molar-refractivity contribution in [2.45, 2.75) is 30.6 Å². The van der Waals surface area contributed by atoms with E-state index in [1.807, 2.05) is 0 Å². The summed E-state index contributed by atoms with van der Waals surface area (Å²) < 4.78 is 5.29. The highest BCUT2D eigenvalue weighted by atomic mass is 35.5. The van der Waals surface area contributed by atoms with Crippen LogP contribution in [0, 0.1) is 0 Å². The highest BCUT2D eigenvalue weighted by Crippen LogP contribution is 2.20. The lowest BCUT2D eigenvalue weighted by atomic mass is 9.98. The fourth-order valence-electron chi connectivity index (χ4n) is 2.08. The molecule has 22 heavy (non-hydrogen) atoms. The van der Waals surface area contributed by atoms with Gasteiger partial charge in [0.15, 0.2) is 11.3 Å². The predicted molar refractivity (Wildman–Crippen MR) is 84.6 cm³/mol. The molecule has 7 nitrogen and oxygen atoms in total. The van der Waals surface area contributed by atoms with Gasteiger partial charge in [0.05, 0.1) is 6.61 Å². The van der Waals surface area contributed by atoms with Gasteiger partial charge in [0.1, 0.15) is 24.4 Å². The summed E-state index contributed by atoms with van der Waals surface area (Å²) in [6.45, 7) is -0.502. The molecule has 0 radical (unpaired) electrons. The van der Waals surface area contributed by atoms with E-state index in [9.17, 15) is 15.3 Å². The average molecular weight is 349 g/mol. The number of rotatable bonds is 3. The fourth-order valence-corrected chi connectivity index (χ4v) is 2.51. The van der Waals surface area contributed by atoms with Gasteiger partial charge in [-0.3, -0.25) is 0 Å². The number of nitrogens with one attached hydrogen (secondary N) is 2. The Labute approximate surface area is 137 Å². The number of halogens is 1. The van der Waals surface area contributed by atoms with Crippen molar-refractivity contribution in [3.8, 4) is 0 Å². The second kappa shape index (κ2) is 7.51. The third kappa shape index (κ3) is 4.05. The number of hydrogen-bond donors (Lipinski definition) is 6. The van der Waals surface area contributed by atoms with Gasteiger partial charge in [0.25, 0.3) is 0 Å². The van der Waals surface area contributed by atoms with Crippen LogP contribution in [0.4, 0.5) is 5.69 Å². The Balaban J connectivity index is 1.98. The number of thiocarbonyl (C=S) groups is 1. The summed E-state index contributed by atoms with van der Waals surface area (Å²) in [7, 11) is 0. The minimum atomic E-state index is -1.46. The summed E-state index contributed by atoms with van der Waals surface area (Å²) in [6.07, 6.45) is -6.35. The van der Waals surface area contributed by atoms with Gasteiger partial charge in [0.2, 0.25) is 0 Å². The SMILES string of the molecule is OC[C@H]1O[C@@H](NC(=S)Nc2cccc(Cl)c2)[C@H](O)[C@@H](O)[C@@H]1O. The maximum atomic E-state index is 9.89. The minimum Gasteiger partial charge on any atom is -0.394 e. The van der Waals surface area contributed by atoms with E-state index in [4.69, 9.17) is 33.7 Å². The van der Waals surface area contributed by atoms with E-state index in [1.54, 1.807) is 24.3 Å². The maximum absolute atomic E-state index is 9.89. The number of anilines is 1. The summed E-state index contributed by atoms with van der Waals surface area (Å²) >= 11 is 11.0. The molecule has 1 fully saturated rings. The molecule has 0 unspecified atom stereocenters. The van der Waals surface area contributed by atoms with Crippen LogP contribution < -0.4 is 10.6 Å². The topological polar surface area (TPSA) is 114 Å². The summed E-state index contributed by atoms with van der Waals surface area (Å²) in [5, 5.41) is 44.6. The molecular formula is C13H17ClN2O5S. The first-order valence-corrected chi connectivity index (χ1v) is 7.34. The fraction of sp³-hybridized carbons (Fsp3) is 0.462. The van der Waals surface area contributed by atoms with Gasteiger partial charge in [-0.1, -0.05) is 17.7 Å². The molecule has 1 aromatic carbocycles. The third-order valence-corrected chi connectivity index (χ3v) is 3.70. The van der Waals surface area contributed by atoms with Crippen molar-refractivity contribution in [1.29, 1.82) is 0 Å². The Morgan fingerprint density at radius 1 is 1.23 bits per heavy atom. The lowest BCUT2D eigenvalue weighted by molar-refractivity contribution is -0.232. The predicted octanol–water partition coefficient (Wildman–Crippen LogP) is -0.574. The van der Waals surface area contributed by atoms with Crippen molar-refractivity contribution >= 4 is 34.6 Å². The standard InChI is InChI=1S/C13H17ClN2O5S/c14-6-2-1-3-7(4-6)15-13(22)16-12-11(20)10(19)9(18)8(5-17)21-12/h1-4,8-12,17-20H,5H2,(H2,15,16,22)/t8-,9-,10+,11-,12-/m1/s1. The molecule has 1 aromatic rings. The zero-order valence-corrected chi connectivity index (χ0v) is 13.0.